The van der Waals surface area contributed by atoms with Crippen LogP contribution in [0.5, 0.6) is 0 Å². The highest BCUT2D eigenvalue weighted by atomic mass is 32.2. The molecule has 3 aromatic rings. The summed E-state index contributed by atoms with van der Waals surface area (Å²) in [5, 5.41) is 9.46. The van der Waals surface area contributed by atoms with Gasteiger partial charge in [-0.15, -0.1) is 10.2 Å². The third-order valence-corrected chi connectivity index (χ3v) is 4.42. The molecule has 2 N–H and O–H groups in total. The van der Waals surface area contributed by atoms with Crippen molar-refractivity contribution in [2.24, 2.45) is 0 Å². The van der Waals surface area contributed by atoms with Gasteiger partial charge in [-0.25, -0.2) is 31.9 Å². The molecule has 2 heterocycles. The zero-order valence-electron chi connectivity index (χ0n) is 15.2. The van der Waals surface area contributed by atoms with Gasteiger partial charge >= 0.3 is 6.43 Å². The van der Waals surface area contributed by atoms with Gasteiger partial charge in [0.2, 0.25) is 16.0 Å². The fourth-order valence-electron chi connectivity index (χ4n) is 2.32. The van der Waals surface area contributed by atoms with E-state index in [1.54, 1.807) is 0 Å². The van der Waals surface area contributed by atoms with E-state index in [0.717, 1.165) is 18.4 Å². The number of hydrogen-bond donors (Lipinski definition) is 2. The number of benzene rings is 1. The average molecular weight is 446 g/mol. The molecule has 14 heteroatoms. The van der Waals surface area contributed by atoms with Crippen LogP contribution in [-0.2, 0) is 10.0 Å². The first-order chi connectivity index (χ1) is 14.1. The third kappa shape index (κ3) is 5.48. The van der Waals surface area contributed by atoms with E-state index in [9.17, 15) is 26.0 Å². The Kier molecular flexibility index (Phi) is 6.26. The standard InChI is InChI=1S/C16H14F4N6O3S/c1-30(27,28)23-7-12(8-2-3-10(17)11(18)4-8)24-16-21-5-9(6-22-16)14-25-26-15(29-14)13(19)20/h2-6,12-13,23H,7H2,1H3,(H,21,22,24). The second-order valence-electron chi connectivity index (χ2n) is 6.03. The molecular formula is C16H14F4N6O3S. The van der Waals surface area contributed by atoms with Crippen LogP contribution >= 0.6 is 0 Å². The van der Waals surface area contributed by atoms with Gasteiger partial charge in [0.25, 0.3) is 11.8 Å². The van der Waals surface area contributed by atoms with Crippen molar-refractivity contribution in [3.05, 3.63) is 53.7 Å². The van der Waals surface area contributed by atoms with Gasteiger partial charge in [-0.3, -0.25) is 0 Å². The summed E-state index contributed by atoms with van der Waals surface area (Å²) in [5.41, 5.74) is 0.398. The van der Waals surface area contributed by atoms with E-state index in [2.05, 4.69) is 30.2 Å². The van der Waals surface area contributed by atoms with E-state index in [-0.39, 0.29) is 29.5 Å². The Morgan fingerprint density at radius 1 is 1.10 bits per heavy atom. The van der Waals surface area contributed by atoms with Crippen molar-refractivity contribution in [3.63, 3.8) is 0 Å². The molecule has 0 saturated carbocycles. The minimum Gasteiger partial charge on any atom is -0.415 e. The maximum atomic E-state index is 13.6. The summed E-state index contributed by atoms with van der Waals surface area (Å²) in [7, 11) is -3.57. The number of alkyl halides is 2. The SMILES string of the molecule is CS(=O)(=O)NCC(Nc1ncc(-c2nnc(C(F)F)o2)cn1)c1ccc(F)c(F)c1. The topological polar surface area (TPSA) is 123 Å². The number of hydrogen-bond acceptors (Lipinski definition) is 8. The lowest BCUT2D eigenvalue weighted by Crippen LogP contribution is -2.31. The molecule has 0 aliphatic rings. The van der Waals surface area contributed by atoms with Crippen LogP contribution in [0, 0.1) is 11.6 Å². The van der Waals surface area contributed by atoms with Crippen molar-refractivity contribution < 1.29 is 30.4 Å². The molecule has 30 heavy (non-hydrogen) atoms. The van der Waals surface area contributed by atoms with Crippen LogP contribution in [0.4, 0.5) is 23.5 Å². The molecule has 0 aliphatic heterocycles. The van der Waals surface area contributed by atoms with Crippen LogP contribution in [0.25, 0.3) is 11.5 Å². The molecule has 160 valence electrons. The molecule has 3 rings (SSSR count). The first-order valence-electron chi connectivity index (χ1n) is 8.22. The van der Waals surface area contributed by atoms with Crippen molar-refractivity contribution in [1.29, 1.82) is 0 Å². The molecule has 9 nitrogen and oxygen atoms in total. The Bertz CT molecular complexity index is 1120. The van der Waals surface area contributed by atoms with Crippen LogP contribution < -0.4 is 10.0 Å². The monoisotopic (exact) mass is 446 g/mol. The van der Waals surface area contributed by atoms with E-state index >= 15 is 0 Å². The molecule has 0 saturated heterocycles. The zero-order valence-corrected chi connectivity index (χ0v) is 16.0. The average Bonchev–Trinajstić information content (AvgIpc) is 3.18. The minimum atomic E-state index is -3.57. The summed E-state index contributed by atoms with van der Waals surface area (Å²) < 4.78 is 81.8. The molecule has 1 atom stereocenters. The predicted octanol–water partition coefficient (Wildman–Crippen LogP) is 2.44. The number of rotatable bonds is 8. The summed E-state index contributed by atoms with van der Waals surface area (Å²) >= 11 is 0. The molecule has 0 amide bonds. The van der Waals surface area contributed by atoms with Crippen molar-refractivity contribution in [2.75, 3.05) is 18.1 Å². The Morgan fingerprint density at radius 2 is 1.80 bits per heavy atom. The fourth-order valence-corrected chi connectivity index (χ4v) is 2.79. The Labute approximate surface area is 167 Å². The number of nitrogens with one attached hydrogen (secondary N) is 2. The van der Waals surface area contributed by atoms with Gasteiger partial charge in [0.15, 0.2) is 11.6 Å². The molecule has 0 fully saturated rings. The van der Waals surface area contributed by atoms with E-state index in [1.807, 2.05) is 0 Å². The summed E-state index contributed by atoms with van der Waals surface area (Å²) in [6, 6.07) is 2.24. The van der Waals surface area contributed by atoms with Crippen molar-refractivity contribution >= 4 is 16.0 Å². The normalized spacial score (nSPS) is 12.9. The highest BCUT2D eigenvalue weighted by Crippen LogP contribution is 2.24. The number of nitrogens with zero attached hydrogens (tertiary/aromatic N) is 4. The lowest BCUT2D eigenvalue weighted by Gasteiger charge is -2.19. The summed E-state index contributed by atoms with van der Waals surface area (Å²) in [4.78, 5) is 7.95. The van der Waals surface area contributed by atoms with Gasteiger partial charge in [-0.1, -0.05) is 6.07 Å². The molecular weight excluding hydrogens is 432 g/mol. The quantitative estimate of drug-likeness (QED) is 0.506. The third-order valence-electron chi connectivity index (χ3n) is 3.73. The summed E-state index contributed by atoms with van der Waals surface area (Å²) in [6.07, 6.45) is 0.445. The Balaban J connectivity index is 1.81. The second-order valence-corrected chi connectivity index (χ2v) is 7.87. The van der Waals surface area contributed by atoms with Crippen molar-refractivity contribution in [1.82, 2.24) is 24.9 Å². The number of halogens is 4. The Morgan fingerprint density at radius 3 is 2.37 bits per heavy atom. The highest BCUT2D eigenvalue weighted by Gasteiger charge is 2.19. The molecule has 1 unspecified atom stereocenters. The summed E-state index contributed by atoms with van der Waals surface area (Å²) in [5.74, 6) is -3.24. The smallest absolute Gasteiger partial charge is 0.314 e. The van der Waals surface area contributed by atoms with Gasteiger partial charge < -0.3 is 9.73 Å². The lowest BCUT2D eigenvalue weighted by molar-refractivity contribution is 0.116. The van der Waals surface area contributed by atoms with Gasteiger partial charge in [0.05, 0.1) is 17.9 Å². The second kappa shape index (κ2) is 8.71. The maximum absolute atomic E-state index is 13.6. The molecule has 0 radical (unpaired) electrons. The van der Waals surface area contributed by atoms with Crippen molar-refractivity contribution in [3.8, 4) is 11.5 Å². The fraction of sp³-hybridized carbons (Fsp3) is 0.250. The first-order valence-corrected chi connectivity index (χ1v) is 10.1. The number of sulfonamides is 1. The van der Waals surface area contributed by atoms with Gasteiger partial charge in [-0.2, -0.15) is 8.78 Å². The van der Waals surface area contributed by atoms with Crippen LogP contribution in [0.1, 0.15) is 23.9 Å². The van der Waals surface area contributed by atoms with Crippen LogP contribution in [0.3, 0.4) is 0 Å². The van der Waals surface area contributed by atoms with E-state index in [0.29, 0.717) is 0 Å². The largest absolute Gasteiger partial charge is 0.415 e. The van der Waals surface area contributed by atoms with E-state index in [4.69, 9.17) is 4.42 Å². The maximum Gasteiger partial charge on any atom is 0.314 e. The molecule has 0 bridgehead atoms. The highest BCUT2D eigenvalue weighted by molar-refractivity contribution is 7.88. The lowest BCUT2D eigenvalue weighted by atomic mass is 10.1. The van der Waals surface area contributed by atoms with Gasteiger partial charge in [-0.05, 0) is 17.7 Å². The van der Waals surface area contributed by atoms with Crippen LogP contribution in [0.15, 0.2) is 35.0 Å². The van der Waals surface area contributed by atoms with Gasteiger partial charge in [0.1, 0.15) is 0 Å². The van der Waals surface area contributed by atoms with Crippen molar-refractivity contribution in [2.45, 2.75) is 12.5 Å². The zero-order chi connectivity index (χ0) is 21.9. The minimum absolute atomic E-state index is 0.00242. The first kappa shape index (κ1) is 21.6. The van der Waals surface area contributed by atoms with Gasteiger partial charge in [0, 0.05) is 18.9 Å². The van der Waals surface area contributed by atoms with Crippen LogP contribution in [0.2, 0.25) is 0 Å². The van der Waals surface area contributed by atoms with E-state index < -0.39 is 40.0 Å². The molecule has 0 spiro atoms. The van der Waals surface area contributed by atoms with Crippen LogP contribution in [-0.4, -0.2) is 41.4 Å². The Hall–Kier alpha value is -3.13. The molecule has 2 aromatic heterocycles. The van der Waals surface area contributed by atoms with E-state index in [1.165, 1.54) is 18.5 Å². The number of aromatic nitrogens is 4. The molecule has 0 aliphatic carbocycles. The predicted molar refractivity (Wildman–Crippen MR) is 95.8 cm³/mol. The number of anilines is 1. The summed E-state index contributed by atoms with van der Waals surface area (Å²) in [6.45, 7) is -0.212. The molecule has 1 aromatic carbocycles.